The summed E-state index contributed by atoms with van der Waals surface area (Å²) in [6.45, 7) is 3.22. The zero-order valence-corrected chi connectivity index (χ0v) is 12.6. The Kier molecular flexibility index (Phi) is 5.60. The minimum absolute atomic E-state index is 0.106. The minimum Gasteiger partial charge on any atom is -0.395 e. The molecule has 1 saturated heterocycles. The second-order valence-electron chi connectivity index (χ2n) is 4.92. The van der Waals surface area contributed by atoms with Crippen LogP contribution in [0.3, 0.4) is 0 Å². The standard InChI is InChI=1S/C15H20N2O2S/c1-16-8-4-9-17(12-15(16)19)11-14-7-6-13(20-14)5-2-3-10-18/h6-7,18H,3-4,8-12H2,1H3. The molecular formula is C15H20N2O2S. The molecule has 0 atom stereocenters. The third kappa shape index (κ3) is 4.34. The van der Waals surface area contributed by atoms with Gasteiger partial charge >= 0.3 is 0 Å². The van der Waals surface area contributed by atoms with E-state index in [1.807, 2.05) is 13.1 Å². The molecule has 1 aliphatic heterocycles. The van der Waals surface area contributed by atoms with E-state index < -0.39 is 0 Å². The fourth-order valence-corrected chi connectivity index (χ4v) is 3.06. The van der Waals surface area contributed by atoms with E-state index in [1.54, 1.807) is 16.2 Å². The lowest BCUT2D eigenvalue weighted by molar-refractivity contribution is -0.129. The first kappa shape index (κ1) is 15.0. The molecule has 5 heteroatoms. The first-order chi connectivity index (χ1) is 9.69. The highest BCUT2D eigenvalue weighted by atomic mass is 32.1. The van der Waals surface area contributed by atoms with Gasteiger partial charge in [-0.15, -0.1) is 11.3 Å². The van der Waals surface area contributed by atoms with Gasteiger partial charge < -0.3 is 10.0 Å². The van der Waals surface area contributed by atoms with Crippen LogP contribution in [0.1, 0.15) is 22.6 Å². The Bertz CT molecular complexity index is 515. The highest BCUT2D eigenvalue weighted by Crippen LogP contribution is 2.18. The zero-order chi connectivity index (χ0) is 14.4. The molecule has 1 aromatic rings. The number of amides is 1. The van der Waals surface area contributed by atoms with Crippen molar-refractivity contribution in [2.24, 2.45) is 0 Å². The fraction of sp³-hybridized carbons (Fsp3) is 0.533. The first-order valence-corrected chi connectivity index (χ1v) is 7.65. The van der Waals surface area contributed by atoms with E-state index in [9.17, 15) is 4.79 Å². The van der Waals surface area contributed by atoms with Crippen molar-refractivity contribution < 1.29 is 9.90 Å². The Balaban J connectivity index is 1.93. The Morgan fingerprint density at radius 1 is 1.40 bits per heavy atom. The number of thiophene rings is 1. The van der Waals surface area contributed by atoms with Crippen molar-refractivity contribution in [3.63, 3.8) is 0 Å². The van der Waals surface area contributed by atoms with Crippen molar-refractivity contribution in [1.82, 2.24) is 9.80 Å². The zero-order valence-electron chi connectivity index (χ0n) is 11.8. The Morgan fingerprint density at radius 2 is 2.25 bits per heavy atom. The summed E-state index contributed by atoms with van der Waals surface area (Å²) >= 11 is 1.66. The van der Waals surface area contributed by atoms with Gasteiger partial charge in [0.1, 0.15) is 0 Å². The molecule has 108 valence electrons. The Hall–Kier alpha value is -1.35. The summed E-state index contributed by atoms with van der Waals surface area (Å²) in [4.78, 5) is 18.1. The average Bonchev–Trinajstić information content (AvgIpc) is 2.79. The van der Waals surface area contributed by atoms with Crippen molar-refractivity contribution in [3.8, 4) is 11.8 Å². The van der Waals surface area contributed by atoms with E-state index in [4.69, 9.17) is 5.11 Å². The maximum atomic E-state index is 11.8. The number of aliphatic hydroxyl groups excluding tert-OH is 1. The summed E-state index contributed by atoms with van der Waals surface area (Å²) in [6.07, 6.45) is 1.54. The molecule has 0 spiro atoms. The van der Waals surface area contributed by atoms with Crippen LogP contribution in [0.4, 0.5) is 0 Å². The monoisotopic (exact) mass is 292 g/mol. The van der Waals surface area contributed by atoms with Gasteiger partial charge in [-0.3, -0.25) is 9.69 Å². The maximum Gasteiger partial charge on any atom is 0.236 e. The second-order valence-corrected chi connectivity index (χ2v) is 6.09. The molecule has 20 heavy (non-hydrogen) atoms. The lowest BCUT2D eigenvalue weighted by Gasteiger charge is -2.18. The molecule has 0 unspecified atom stereocenters. The predicted octanol–water partition coefficient (Wildman–Crippen LogP) is 1.15. The van der Waals surface area contributed by atoms with Crippen molar-refractivity contribution in [3.05, 3.63) is 21.9 Å². The van der Waals surface area contributed by atoms with Crippen molar-refractivity contribution in [1.29, 1.82) is 0 Å². The van der Waals surface area contributed by atoms with Crippen LogP contribution in [-0.2, 0) is 11.3 Å². The van der Waals surface area contributed by atoms with Gasteiger partial charge in [-0.2, -0.15) is 0 Å². The highest BCUT2D eigenvalue weighted by Gasteiger charge is 2.19. The van der Waals surface area contributed by atoms with Crippen LogP contribution in [0.25, 0.3) is 0 Å². The summed E-state index contributed by atoms with van der Waals surface area (Å²) < 4.78 is 0. The lowest BCUT2D eigenvalue weighted by Crippen LogP contribution is -2.33. The van der Waals surface area contributed by atoms with E-state index >= 15 is 0 Å². The molecule has 0 aromatic carbocycles. The number of hydrogen-bond acceptors (Lipinski definition) is 4. The molecule has 1 fully saturated rings. The van der Waals surface area contributed by atoms with Crippen LogP contribution in [0.2, 0.25) is 0 Å². The van der Waals surface area contributed by atoms with Gasteiger partial charge in [0.2, 0.25) is 5.91 Å². The van der Waals surface area contributed by atoms with Gasteiger partial charge in [0.25, 0.3) is 0 Å². The number of carbonyl (C=O) groups excluding carboxylic acids is 1. The molecular weight excluding hydrogens is 272 g/mol. The molecule has 1 aromatic heterocycles. The molecule has 4 nitrogen and oxygen atoms in total. The number of aliphatic hydroxyl groups is 1. The van der Waals surface area contributed by atoms with Gasteiger partial charge in [-0.05, 0) is 18.6 Å². The summed E-state index contributed by atoms with van der Waals surface area (Å²) in [5, 5.41) is 8.70. The summed E-state index contributed by atoms with van der Waals surface area (Å²) in [5.74, 6) is 6.17. The number of carbonyl (C=O) groups is 1. The third-order valence-corrected chi connectivity index (χ3v) is 4.23. The van der Waals surface area contributed by atoms with E-state index in [2.05, 4.69) is 22.8 Å². The third-order valence-electron chi connectivity index (χ3n) is 3.24. The van der Waals surface area contributed by atoms with Crippen molar-refractivity contribution in [2.45, 2.75) is 19.4 Å². The number of rotatable bonds is 3. The molecule has 1 amide bonds. The Labute approximate surface area is 124 Å². The van der Waals surface area contributed by atoms with Gasteiger partial charge in [0, 0.05) is 38.0 Å². The summed E-state index contributed by atoms with van der Waals surface area (Å²) in [6, 6.07) is 4.09. The molecule has 1 aliphatic rings. The van der Waals surface area contributed by atoms with E-state index in [0.29, 0.717) is 13.0 Å². The molecule has 0 bridgehead atoms. The van der Waals surface area contributed by atoms with E-state index in [-0.39, 0.29) is 12.5 Å². The van der Waals surface area contributed by atoms with Crippen LogP contribution in [-0.4, -0.2) is 54.1 Å². The van der Waals surface area contributed by atoms with Crippen LogP contribution >= 0.6 is 11.3 Å². The van der Waals surface area contributed by atoms with E-state index in [0.717, 1.165) is 30.9 Å². The molecule has 0 aliphatic carbocycles. The highest BCUT2D eigenvalue weighted by molar-refractivity contribution is 7.12. The van der Waals surface area contributed by atoms with Crippen LogP contribution in [0.5, 0.6) is 0 Å². The molecule has 1 N–H and O–H groups in total. The van der Waals surface area contributed by atoms with Gasteiger partial charge in [0.15, 0.2) is 0 Å². The number of nitrogens with zero attached hydrogens (tertiary/aromatic N) is 2. The van der Waals surface area contributed by atoms with Crippen molar-refractivity contribution in [2.75, 3.05) is 33.3 Å². The van der Waals surface area contributed by atoms with Gasteiger partial charge in [0.05, 0.1) is 18.0 Å². The quantitative estimate of drug-likeness (QED) is 0.850. The largest absolute Gasteiger partial charge is 0.395 e. The second kappa shape index (κ2) is 7.44. The minimum atomic E-state index is 0.106. The van der Waals surface area contributed by atoms with E-state index in [1.165, 1.54) is 4.88 Å². The summed E-state index contributed by atoms with van der Waals surface area (Å²) in [7, 11) is 1.87. The predicted molar refractivity (Wildman–Crippen MR) is 80.4 cm³/mol. The van der Waals surface area contributed by atoms with Crippen LogP contribution in [0.15, 0.2) is 12.1 Å². The number of hydrogen-bond donors (Lipinski definition) is 1. The molecule has 2 rings (SSSR count). The number of likely N-dealkylation sites (N-methyl/N-ethyl adjacent to an activating group) is 1. The maximum absolute atomic E-state index is 11.8. The first-order valence-electron chi connectivity index (χ1n) is 6.84. The van der Waals surface area contributed by atoms with Crippen LogP contribution in [0, 0.1) is 11.8 Å². The lowest BCUT2D eigenvalue weighted by atomic mass is 10.3. The smallest absolute Gasteiger partial charge is 0.236 e. The van der Waals surface area contributed by atoms with Gasteiger partial charge in [-0.1, -0.05) is 11.8 Å². The average molecular weight is 292 g/mol. The Morgan fingerprint density at radius 3 is 3.05 bits per heavy atom. The van der Waals surface area contributed by atoms with Crippen molar-refractivity contribution >= 4 is 17.2 Å². The SMILES string of the molecule is CN1CCCN(Cc2ccc(C#CCCO)s2)CC1=O. The molecule has 0 radical (unpaired) electrons. The summed E-state index contributed by atoms with van der Waals surface area (Å²) in [5.41, 5.74) is 0. The topological polar surface area (TPSA) is 43.8 Å². The molecule has 2 heterocycles. The van der Waals surface area contributed by atoms with Crippen LogP contribution < -0.4 is 0 Å². The normalized spacial score (nSPS) is 16.7. The fourth-order valence-electron chi connectivity index (χ4n) is 2.14. The molecule has 0 saturated carbocycles. The van der Waals surface area contributed by atoms with Gasteiger partial charge in [-0.25, -0.2) is 0 Å².